The van der Waals surface area contributed by atoms with Crippen LogP contribution >= 0.6 is 11.3 Å². The van der Waals surface area contributed by atoms with E-state index in [9.17, 15) is 9.90 Å². The van der Waals surface area contributed by atoms with Gasteiger partial charge in [-0.05, 0) is 43.9 Å². The van der Waals surface area contributed by atoms with E-state index >= 15 is 0 Å². The molecule has 0 bridgehead atoms. The fourth-order valence-corrected chi connectivity index (χ4v) is 4.70. The van der Waals surface area contributed by atoms with Crippen molar-refractivity contribution in [3.8, 4) is 16.3 Å². The molecule has 0 spiro atoms. The Bertz CT molecular complexity index is 1010. The van der Waals surface area contributed by atoms with Gasteiger partial charge in [0.05, 0.1) is 28.5 Å². The Kier molecular flexibility index (Phi) is 4.95. The van der Waals surface area contributed by atoms with Gasteiger partial charge in [-0.2, -0.15) is 0 Å². The number of aliphatic hydroxyl groups is 1. The Labute approximate surface area is 167 Å². The Morgan fingerprint density at radius 1 is 1.39 bits per heavy atom. The first-order valence-electron chi connectivity index (χ1n) is 9.18. The molecule has 28 heavy (non-hydrogen) atoms. The van der Waals surface area contributed by atoms with Crippen LogP contribution in [-0.2, 0) is 6.42 Å². The topological polar surface area (TPSA) is 75.8 Å². The number of nitrogens with zero attached hydrogens (tertiary/aromatic N) is 2. The van der Waals surface area contributed by atoms with Crippen LogP contribution < -0.4 is 9.64 Å². The standard InChI is InChI=1S/C21H22N2O4S/c1-12-9-13(23(2)3)10-15(21(25)27-14-7-8-26-11-14)18(12)20-22-16-5-4-6-17(24)19(16)28-20/h7-11,17,24H,4-6H2,1-3H3. The molecule has 0 saturated carbocycles. The highest BCUT2D eigenvalue weighted by Crippen LogP contribution is 2.41. The summed E-state index contributed by atoms with van der Waals surface area (Å²) >= 11 is 1.46. The molecule has 1 aliphatic carbocycles. The summed E-state index contributed by atoms with van der Waals surface area (Å²) in [5.74, 6) is -0.102. The lowest BCUT2D eigenvalue weighted by atomic mass is 9.99. The van der Waals surface area contributed by atoms with Gasteiger partial charge in [0.25, 0.3) is 0 Å². The molecule has 1 N–H and O–H groups in total. The third kappa shape index (κ3) is 3.43. The van der Waals surface area contributed by atoms with Crippen molar-refractivity contribution in [2.24, 2.45) is 0 Å². The number of carbonyl (C=O) groups is 1. The molecule has 2 heterocycles. The van der Waals surface area contributed by atoms with E-state index in [1.54, 1.807) is 6.07 Å². The van der Waals surface area contributed by atoms with Gasteiger partial charge < -0.3 is 19.2 Å². The number of thiazole rings is 1. The zero-order valence-electron chi connectivity index (χ0n) is 16.1. The number of aromatic nitrogens is 1. The molecule has 3 aromatic rings. The number of hydrogen-bond donors (Lipinski definition) is 1. The number of ether oxygens (including phenoxy) is 1. The molecule has 1 aliphatic rings. The van der Waals surface area contributed by atoms with Crippen LogP contribution in [0.25, 0.3) is 10.6 Å². The molecular weight excluding hydrogens is 376 g/mol. The lowest BCUT2D eigenvalue weighted by molar-refractivity contribution is 0.0734. The summed E-state index contributed by atoms with van der Waals surface area (Å²) in [5, 5.41) is 11.1. The highest BCUT2D eigenvalue weighted by molar-refractivity contribution is 7.15. The van der Waals surface area contributed by atoms with Crippen LogP contribution in [0, 0.1) is 6.92 Å². The van der Waals surface area contributed by atoms with Crippen molar-refractivity contribution in [2.45, 2.75) is 32.3 Å². The van der Waals surface area contributed by atoms with Gasteiger partial charge in [-0.1, -0.05) is 0 Å². The summed E-state index contributed by atoms with van der Waals surface area (Å²) in [4.78, 5) is 20.6. The fourth-order valence-electron chi connectivity index (χ4n) is 3.45. The minimum atomic E-state index is -0.474. The largest absolute Gasteiger partial charge is 0.469 e. The van der Waals surface area contributed by atoms with Crippen molar-refractivity contribution in [3.63, 3.8) is 0 Å². The Morgan fingerprint density at radius 2 is 2.21 bits per heavy atom. The first-order chi connectivity index (χ1) is 13.4. The van der Waals surface area contributed by atoms with E-state index in [4.69, 9.17) is 14.1 Å². The van der Waals surface area contributed by atoms with Gasteiger partial charge in [0.2, 0.25) is 0 Å². The van der Waals surface area contributed by atoms with Crippen molar-refractivity contribution < 1.29 is 19.1 Å². The zero-order valence-corrected chi connectivity index (χ0v) is 16.9. The number of benzene rings is 1. The van der Waals surface area contributed by atoms with Crippen LogP contribution in [0.5, 0.6) is 5.75 Å². The summed E-state index contributed by atoms with van der Waals surface area (Å²) in [6, 6.07) is 5.45. The summed E-state index contributed by atoms with van der Waals surface area (Å²) < 4.78 is 10.5. The number of furan rings is 1. The van der Waals surface area contributed by atoms with E-state index in [1.807, 2.05) is 38.1 Å². The molecule has 0 amide bonds. The van der Waals surface area contributed by atoms with Crippen molar-refractivity contribution >= 4 is 23.0 Å². The molecule has 2 aromatic heterocycles. The lowest BCUT2D eigenvalue weighted by Gasteiger charge is -2.17. The minimum Gasteiger partial charge on any atom is -0.469 e. The Balaban J connectivity index is 1.83. The Morgan fingerprint density at radius 3 is 2.89 bits per heavy atom. The predicted molar refractivity (Wildman–Crippen MR) is 108 cm³/mol. The maximum absolute atomic E-state index is 13.0. The number of anilines is 1. The highest BCUT2D eigenvalue weighted by atomic mass is 32.1. The number of rotatable bonds is 4. The second-order valence-electron chi connectivity index (χ2n) is 7.17. The normalized spacial score (nSPS) is 15.9. The van der Waals surface area contributed by atoms with Gasteiger partial charge in [0, 0.05) is 31.4 Å². The van der Waals surface area contributed by atoms with Crippen molar-refractivity contribution in [2.75, 3.05) is 19.0 Å². The van der Waals surface area contributed by atoms with E-state index < -0.39 is 12.1 Å². The second-order valence-corrected chi connectivity index (χ2v) is 8.20. The van der Waals surface area contributed by atoms with Gasteiger partial charge in [-0.15, -0.1) is 11.3 Å². The first-order valence-corrected chi connectivity index (χ1v) is 10.00. The van der Waals surface area contributed by atoms with Gasteiger partial charge in [0.1, 0.15) is 11.3 Å². The molecule has 0 fully saturated rings. The predicted octanol–water partition coefficient (Wildman–Crippen LogP) is 4.37. The summed E-state index contributed by atoms with van der Waals surface area (Å²) in [6.45, 7) is 1.97. The van der Waals surface area contributed by atoms with E-state index in [0.29, 0.717) is 11.3 Å². The number of esters is 1. The summed E-state index contributed by atoms with van der Waals surface area (Å²) in [6.07, 6.45) is 4.90. The molecule has 0 radical (unpaired) electrons. The van der Waals surface area contributed by atoms with Crippen LogP contribution in [0.1, 0.15) is 45.4 Å². The van der Waals surface area contributed by atoms with Crippen LogP contribution in [0.2, 0.25) is 0 Å². The molecule has 0 aliphatic heterocycles. The maximum atomic E-state index is 13.0. The summed E-state index contributed by atoms with van der Waals surface area (Å²) in [5.41, 5.74) is 3.98. The van der Waals surface area contributed by atoms with Gasteiger partial charge >= 0.3 is 5.97 Å². The third-order valence-corrected chi connectivity index (χ3v) is 6.11. The number of aliphatic hydroxyl groups excluding tert-OH is 1. The van der Waals surface area contributed by atoms with Crippen LogP contribution in [0.4, 0.5) is 5.69 Å². The molecule has 4 rings (SSSR count). The van der Waals surface area contributed by atoms with Crippen molar-refractivity contribution in [3.05, 3.63) is 52.4 Å². The van der Waals surface area contributed by atoms with E-state index in [1.165, 1.54) is 23.9 Å². The first kappa shape index (κ1) is 18.7. The van der Waals surface area contributed by atoms with Gasteiger partial charge in [-0.25, -0.2) is 9.78 Å². The highest BCUT2D eigenvalue weighted by Gasteiger charge is 2.27. The fraction of sp³-hybridized carbons (Fsp3) is 0.333. The quantitative estimate of drug-likeness (QED) is 0.658. The Hall–Kier alpha value is -2.64. The number of carbonyl (C=O) groups excluding carboxylic acids is 1. The molecule has 1 aromatic carbocycles. The molecule has 6 nitrogen and oxygen atoms in total. The van der Waals surface area contributed by atoms with Gasteiger partial charge in [-0.3, -0.25) is 0 Å². The molecule has 1 atom stereocenters. The second kappa shape index (κ2) is 7.41. The van der Waals surface area contributed by atoms with Crippen molar-refractivity contribution in [1.29, 1.82) is 0 Å². The van der Waals surface area contributed by atoms with E-state index in [0.717, 1.165) is 51.7 Å². The van der Waals surface area contributed by atoms with Crippen LogP contribution in [0.3, 0.4) is 0 Å². The summed E-state index contributed by atoms with van der Waals surface area (Å²) in [7, 11) is 3.86. The molecule has 7 heteroatoms. The molecule has 146 valence electrons. The molecule has 1 unspecified atom stereocenters. The number of aryl methyl sites for hydroxylation is 2. The maximum Gasteiger partial charge on any atom is 0.344 e. The zero-order chi connectivity index (χ0) is 19.8. The van der Waals surface area contributed by atoms with Crippen molar-refractivity contribution in [1.82, 2.24) is 4.98 Å². The third-order valence-electron chi connectivity index (χ3n) is 4.90. The molecular formula is C21H22N2O4S. The lowest BCUT2D eigenvalue weighted by Crippen LogP contribution is -2.14. The van der Waals surface area contributed by atoms with Crippen LogP contribution in [0.15, 0.2) is 35.1 Å². The SMILES string of the molecule is Cc1cc(N(C)C)cc(C(=O)Oc2ccoc2)c1-c1nc2c(s1)C(O)CCC2. The van der Waals surface area contributed by atoms with Crippen LogP contribution in [-0.4, -0.2) is 30.2 Å². The monoisotopic (exact) mass is 398 g/mol. The smallest absolute Gasteiger partial charge is 0.344 e. The average Bonchev–Trinajstić information content (AvgIpc) is 3.31. The number of hydrogen-bond acceptors (Lipinski definition) is 7. The van der Waals surface area contributed by atoms with E-state index in [-0.39, 0.29) is 0 Å². The van der Waals surface area contributed by atoms with Gasteiger partial charge in [0.15, 0.2) is 5.75 Å². The average molecular weight is 398 g/mol. The number of fused-ring (bicyclic) bond motifs is 1. The molecule has 0 saturated heterocycles. The van der Waals surface area contributed by atoms with E-state index in [2.05, 4.69) is 0 Å². The minimum absolute atomic E-state index is 0.359.